The molecule has 0 fully saturated rings. The van der Waals surface area contributed by atoms with Crippen molar-refractivity contribution in [2.75, 3.05) is 6.61 Å². The van der Waals surface area contributed by atoms with E-state index >= 15 is 0 Å². The Balaban J connectivity index is 2.80. The maximum atomic E-state index is 13.6. The smallest absolute Gasteiger partial charge is 0.329 e. The molecule has 1 atom stereocenters. The van der Waals surface area contributed by atoms with Gasteiger partial charge in [0.1, 0.15) is 23.2 Å². The van der Waals surface area contributed by atoms with Crippen LogP contribution in [0.1, 0.15) is 24.2 Å². The maximum absolute atomic E-state index is 13.6. The van der Waals surface area contributed by atoms with Gasteiger partial charge in [-0.05, 0) is 18.1 Å². The Morgan fingerprint density at radius 1 is 1.16 bits per heavy atom. The van der Waals surface area contributed by atoms with Gasteiger partial charge >= 0.3 is 12.0 Å². The van der Waals surface area contributed by atoms with Crippen LogP contribution in [0.4, 0.5) is 13.6 Å². The lowest BCUT2D eigenvalue weighted by atomic mass is 10.0. The number of nitrogens with one attached hydrogen (secondary N) is 2. The van der Waals surface area contributed by atoms with Crippen molar-refractivity contribution in [3.05, 3.63) is 35.4 Å². The Labute approximate surface area is 141 Å². The van der Waals surface area contributed by atoms with Crippen LogP contribution in [0, 0.1) is 17.6 Å². The van der Waals surface area contributed by atoms with E-state index in [1.54, 1.807) is 19.2 Å². The highest BCUT2D eigenvalue weighted by Crippen LogP contribution is 2.13. The molecule has 0 aliphatic rings. The van der Waals surface area contributed by atoms with Crippen LogP contribution in [0.25, 0.3) is 0 Å². The van der Waals surface area contributed by atoms with E-state index in [0.29, 0.717) is 0 Å². The Bertz CT molecular complexity index is 673. The molecule has 1 aromatic carbocycles. The predicted octanol–water partition coefficient (Wildman–Crippen LogP) is 0.457. The lowest BCUT2D eigenvalue weighted by Crippen LogP contribution is -2.47. The molecule has 4 amide bonds. The highest BCUT2D eigenvalue weighted by Gasteiger charge is 2.29. The number of hydrogen-bond donors (Lipinski definition) is 3. The maximum Gasteiger partial charge on any atom is 0.329 e. The number of amides is 4. The fourth-order valence-electron chi connectivity index (χ4n) is 1.83. The Kier molecular flexibility index (Phi) is 6.97. The van der Waals surface area contributed by atoms with Gasteiger partial charge in [-0.2, -0.15) is 0 Å². The SMILES string of the molecule is CC(C)[C@H](NC(=O)c1c(F)cccc1F)C(=O)OCC(=O)NC(N)=O. The fraction of sp³-hybridized carbons (Fsp3) is 0.333. The monoisotopic (exact) mass is 357 g/mol. The van der Waals surface area contributed by atoms with Gasteiger partial charge in [-0.3, -0.25) is 14.9 Å². The number of primary amides is 1. The number of urea groups is 1. The van der Waals surface area contributed by atoms with Crippen LogP contribution in [-0.2, 0) is 14.3 Å². The largest absolute Gasteiger partial charge is 0.454 e. The first-order valence-electron chi connectivity index (χ1n) is 7.14. The molecular weight excluding hydrogens is 340 g/mol. The molecule has 0 aliphatic heterocycles. The second kappa shape index (κ2) is 8.71. The molecule has 4 N–H and O–H groups in total. The van der Waals surface area contributed by atoms with Gasteiger partial charge in [0.15, 0.2) is 6.61 Å². The molecule has 0 heterocycles. The molecule has 0 bridgehead atoms. The molecular formula is C15H17F2N3O5. The first kappa shape index (κ1) is 20.0. The lowest BCUT2D eigenvalue weighted by molar-refractivity contribution is -0.151. The Morgan fingerprint density at radius 2 is 1.72 bits per heavy atom. The van der Waals surface area contributed by atoms with Gasteiger partial charge in [0.25, 0.3) is 11.8 Å². The number of carbonyl (C=O) groups excluding carboxylic acids is 4. The summed E-state index contributed by atoms with van der Waals surface area (Å²) in [5, 5.41) is 3.85. The molecule has 1 rings (SSSR count). The van der Waals surface area contributed by atoms with Gasteiger partial charge < -0.3 is 15.8 Å². The molecule has 0 aliphatic carbocycles. The summed E-state index contributed by atoms with van der Waals surface area (Å²) in [7, 11) is 0. The third-order valence-corrected chi connectivity index (χ3v) is 3.01. The van der Waals surface area contributed by atoms with E-state index in [4.69, 9.17) is 5.73 Å². The van der Waals surface area contributed by atoms with Crippen molar-refractivity contribution in [2.24, 2.45) is 11.7 Å². The molecule has 0 saturated carbocycles. The zero-order valence-electron chi connectivity index (χ0n) is 13.5. The zero-order chi connectivity index (χ0) is 19.1. The highest BCUT2D eigenvalue weighted by molar-refractivity contribution is 5.98. The third kappa shape index (κ3) is 5.83. The summed E-state index contributed by atoms with van der Waals surface area (Å²) in [6, 6.07) is 0.495. The summed E-state index contributed by atoms with van der Waals surface area (Å²) in [4.78, 5) is 45.7. The van der Waals surface area contributed by atoms with Gasteiger partial charge in [0, 0.05) is 0 Å². The second-order valence-corrected chi connectivity index (χ2v) is 5.31. The van der Waals surface area contributed by atoms with Gasteiger partial charge in [0.2, 0.25) is 0 Å². The Hall–Kier alpha value is -3.04. The zero-order valence-corrected chi connectivity index (χ0v) is 13.5. The van der Waals surface area contributed by atoms with Gasteiger partial charge in [-0.25, -0.2) is 18.4 Å². The number of rotatable bonds is 6. The number of imide groups is 1. The van der Waals surface area contributed by atoms with Crippen molar-refractivity contribution in [3.8, 4) is 0 Å². The number of nitrogens with two attached hydrogens (primary N) is 1. The number of hydrogen-bond acceptors (Lipinski definition) is 5. The van der Waals surface area contributed by atoms with Crippen LogP contribution in [0.2, 0.25) is 0 Å². The van der Waals surface area contributed by atoms with Gasteiger partial charge in [-0.1, -0.05) is 19.9 Å². The fourth-order valence-corrected chi connectivity index (χ4v) is 1.83. The lowest BCUT2D eigenvalue weighted by Gasteiger charge is -2.21. The van der Waals surface area contributed by atoms with E-state index in [1.807, 2.05) is 0 Å². The standard InChI is InChI=1S/C15H17F2N3O5/c1-7(2)12(14(23)25-6-10(21)19-15(18)24)20-13(22)11-8(16)4-3-5-9(11)17/h3-5,7,12H,6H2,1-2H3,(H,20,22)(H3,18,19,21,24)/t12-/m0/s1. The summed E-state index contributed by atoms with van der Waals surface area (Å²) >= 11 is 0. The highest BCUT2D eigenvalue weighted by atomic mass is 19.1. The van der Waals surface area contributed by atoms with Crippen LogP contribution < -0.4 is 16.4 Å². The number of esters is 1. The average Bonchev–Trinajstić information content (AvgIpc) is 2.49. The molecule has 0 radical (unpaired) electrons. The minimum absolute atomic E-state index is 0.509. The summed E-state index contributed by atoms with van der Waals surface area (Å²) in [6.07, 6.45) is 0. The van der Waals surface area contributed by atoms with E-state index in [2.05, 4.69) is 10.1 Å². The first-order chi connectivity index (χ1) is 11.6. The summed E-state index contributed by atoms with van der Waals surface area (Å²) < 4.78 is 31.9. The van der Waals surface area contributed by atoms with E-state index < -0.39 is 59.6 Å². The predicted molar refractivity (Wildman–Crippen MR) is 81.1 cm³/mol. The molecule has 0 unspecified atom stereocenters. The van der Waals surface area contributed by atoms with E-state index in [1.165, 1.54) is 0 Å². The summed E-state index contributed by atoms with van der Waals surface area (Å²) in [5.74, 6) is -5.81. The van der Waals surface area contributed by atoms with Crippen LogP contribution in [0.3, 0.4) is 0 Å². The van der Waals surface area contributed by atoms with Crippen LogP contribution in [-0.4, -0.2) is 36.5 Å². The van der Waals surface area contributed by atoms with Gasteiger partial charge in [-0.15, -0.1) is 0 Å². The van der Waals surface area contributed by atoms with Crippen molar-refractivity contribution in [1.29, 1.82) is 0 Å². The summed E-state index contributed by atoms with van der Waals surface area (Å²) in [6.45, 7) is 2.29. The van der Waals surface area contributed by atoms with Gasteiger partial charge in [0.05, 0.1) is 0 Å². The van der Waals surface area contributed by atoms with Crippen LogP contribution in [0.5, 0.6) is 0 Å². The van der Waals surface area contributed by atoms with Crippen LogP contribution >= 0.6 is 0 Å². The molecule has 136 valence electrons. The number of carbonyl (C=O) groups is 4. The molecule has 25 heavy (non-hydrogen) atoms. The Morgan fingerprint density at radius 3 is 2.20 bits per heavy atom. The third-order valence-electron chi connectivity index (χ3n) is 3.01. The normalized spacial score (nSPS) is 11.6. The molecule has 0 spiro atoms. The van der Waals surface area contributed by atoms with E-state index in [-0.39, 0.29) is 0 Å². The van der Waals surface area contributed by atoms with Crippen molar-refractivity contribution >= 4 is 23.8 Å². The van der Waals surface area contributed by atoms with Crippen molar-refractivity contribution in [3.63, 3.8) is 0 Å². The molecule has 10 heteroatoms. The molecule has 1 aromatic rings. The van der Waals surface area contributed by atoms with Crippen LogP contribution in [0.15, 0.2) is 18.2 Å². The summed E-state index contributed by atoms with van der Waals surface area (Å²) in [5.41, 5.74) is 3.89. The van der Waals surface area contributed by atoms with E-state index in [0.717, 1.165) is 18.2 Å². The molecule has 0 aromatic heterocycles. The molecule has 8 nitrogen and oxygen atoms in total. The molecule has 0 saturated heterocycles. The van der Waals surface area contributed by atoms with Crippen molar-refractivity contribution < 1.29 is 32.7 Å². The van der Waals surface area contributed by atoms with Crippen molar-refractivity contribution in [2.45, 2.75) is 19.9 Å². The van der Waals surface area contributed by atoms with Crippen molar-refractivity contribution in [1.82, 2.24) is 10.6 Å². The first-order valence-corrected chi connectivity index (χ1v) is 7.14. The minimum atomic E-state index is -1.27. The number of halogens is 2. The topological polar surface area (TPSA) is 128 Å². The quantitative estimate of drug-likeness (QED) is 0.637. The second-order valence-electron chi connectivity index (χ2n) is 5.31. The number of benzene rings is 1. The minimum Gasteiger partial charge on any atom is -0.454 e. The van der Waals surface area contributed by atoms with E-state index in [9.17, 15) is 28.0 Å². The average molecular weight is 357 g/mol. The number of ether oxygens (including phenoxy) is 1.